The van der Waals surface area contributed by atoms with Gasteiger partial charge in [0, 0.05) is 6.04 Å². The molecule has 0 fully saturated rings. The van der Waals surface area contributed by atoms with Crippen molar-refractivity contribution < 1.29 is 18.3 Å². The molecule has 1 rings (SSSR count). The van der Waals surface area contributed by atoms with Gasteiger partial charge >= 0.3 is 5.97 Å². The van der Waals surface area contributed by atoms with Crippen molar-refractivity contribution in [2.24, 2.45) is 0 Å². The minimum atomic E-state index is -3.78. The number of carboxylic acid groups (broad SMARTS) is 1. The molecule has 8 heteroatoms. The first-order valence-electron chi connectivity index (χ1n) is 7.98. The van der Waals surface area contributed by atoms with Gasteiger partial charge in [-0.3, -0.25) is 0 Å². The Kier molecular flexibility index (Phi) is 8.15. The van der Waals surface area contributed by atoms with Crippen molar-refractivity contribution >= 4 is 27.6 Å². The molecule has 0 radical (unpaired) electrons. The molecule has 136 valence electrons. The molecule has 0 aliphatic heterocycles. The topological polar surface area (TPSA) is 86.7 Å². The van der Waals surface area contributed by atoms with E-state index in [9.17, 15) is 13.2 Å². The number of carboxylic acids is 1. The molecule has 0 amide bonds. The van der Waals surface area contributed by atoms with Crippen molar-refractivity contribution in [1.82, 2.24) is 9.62 Å². The summed E-state index contributed by atoms with van der Waals surface area (Å²) in [4.78, 5) is 13.3. The molecule has 0 heterocycles. The number of halogens is 1. The van der Waals surface area contributed by atoms with Crippen molar-refractivity contribution in [3.63, 3.8) is 0 Å². The molecule has 6 nitrogen and oxygen atoms in total. The fraction of sp³-hybridized carbons (Fsp3) is 0.562. The molecular formula is C16H25ClN2O4S. The van der Waals surface area contributed by atoms with E-state index in [1.54, 1.807) is 6.92 Å². The van der Waals surface area contributed by atoms with E-state index in [1.807, 2.05) is 0 Å². The van der Waals surface area contributed by atoms with Crippen LogP contribution in [0.1, 0.15) is 44.0 Å². The van der Waals surface area contributed by atoms with Gasteiger partial charge in [0.1, 0.15) is 0 Å². The van der Waals surface area contributed by atoms with Crippen LogP contribution in [0, 0.1) is 0 Å². The average molecular weight is 377 g/mol. The lowest BCUT2D eigenvalue weighted by atomic mass is 10.2. The Morgan fingerprint density at radius 3 is 2.50 bits per heavy atom. The second kappa shape index (κ2) is 9.36. The van der Waals surface area contributed by atoms with Crippen molar-refractivity contribution in [3.05, 3.63) is 28.8 Å². The number of hydrogen-bond donors (Lipinski definition) is 2. The van der Waals surface area contributed by atoms with Crippen LogP contribution < -0.4 is 4.72 Å². The second-order valence-corrected chi connectivity index (χ2v) is 7.76. The van der Waals surface area contributed by atoms with Gasteiger partial charge in [0.05, 0.1) is 15.5 Å². The highest BCUT2D eigenvalue weighted by Crippen LogP contribution is 2.21. The molecule has 0 saturated heterocycles. The largest absolute Gasteiger partial charge is 0.478 e. The van der Waals surface area contributed by atoms with Crippen LogP contribution in [-0.4, -0.2) is 50.1 Å². The van der Waals surface area contributed by atoms with Crippen LogP contribution in [0.2, 0.25) is 5.02 Å². The van der Waals surface area contributed by atoms with E-state index in [1.165, 1.54) is 12.1 Å². The molecule has 0 unspecified atom stereocenters. The number of benzene rings is 1. The summed E-state index contributed by atoms with van der Waals surface area (Å²) in [6.07, 6.45) is 1.58. The first-order chi connectivity index (χ1) is 11.2. The summed E-state index contributed by atoms with van der Waals surface area (Å²) >= 11 is 5.77. The van der Waals surface area contributed by atoms with Crippen LogP contribution in [0.15, 0.2) is 23.1 Å². The Morgan fingerprint density at radius 1 is 1.33 bits per heavy atom. The summed E-state index contributed by atoms with van der Waals surface area (Å²) < 4.78 is 27.3. The predicted molar refractivity (Wildman–Crippen MR) is 95.2 cm³/mol. The number of nitrogens with zero attached hydrogens (tertiary/aromatic N) is 1. The molecule has 0 spiro atoms. The van der Waals surface area contributed by atoms with Crippen LogP contribution in [0.4, 0.5) is 0 Å². The summed E-state index contributed by atoms with van der Waals surface area (Å²) in [6, 6.07) is 3.43. The Bertz CT molecular complexity index is 660. The minimum absolute atomic E-state index is 0.00808. The number of nitrogens with one attached hydrogen (secondary N) is 1. The summed E-state index contributed by atoms with van der Waals surface area (Å²) in [6.45, 7) is 8.85. The zero-order chi connectivity index (χ0) is 18.3. The van der Waals surface area contributed by atoms with Gasteiger partial charge < -0.3 is 10.0 Å². The van der Waals surface area contributed by atoms with Crippen LogP contribution in [0.3, 0.4) is 0 Å². The molecule has 1 aromatic rings. The first-order valence-corrected chi connectivity index (χ1v) is 9.84. The number of aromatic carboxylic acids is 1. The number of rotatable bonds is 10. The lowest BCUT2D eigenvalue weighted by Gasteiger charge is -2.19. The van der Waals surface area contributed by atoms with Crippen molar-refractivity contribution in [1.29, 1.82) is 0 Å². The van der Waals surface area contributed by atoms with Gasteiger partial charge in [-0.2, -0.15) is 0 Å². The van der Waals surface area contributed by atoms with E-state index in [2.05, 4.69) is 23.5 Å². The van der Waals surface area contributed by atoms with Crippen molar-refractivity contribution in [2.75, 3.05) is 19.6 Å². The third-order valence-corrected chi connectivity index (χ3v) is 5.76. The Hall–Kier alpha value is -1.15. The van der Waals surface area contributed by atoms with E-state index < -0.39 is 16.0 Å². The maximum absolute atomic E-state index is 12.4. The molecule has 1 atom stereocenters. The maximum atomic E-state index is 12.4. The monoisotopic (exact) mass is 376 g/mol. The minimum Gasteiger partial charge on any atom is -0.478 e. The fourth-order valence-corrected chi connectivity index (χ4v) is 3.89. The normalized spacial score (nSPS) is 13.2. The molecular weight excluding hydrogens is 352 g/mol. The summed E-state index contributed by atoms with van der Waals surface area (Å²) in [5.74, 6) is -1.26. The molecule has 0 aromatic heterocycles. The third kappa shape index (κ3) is 6.05. The van der Waals surface area contributed by atoms with E-state index in [0.29, 0.717) is 6.42 Å². The zero-order valence-electron chi connectivity index (χ0n) is 14.3. The lowest BCUT2D eigenvalue weighted by molar-refractivity contribution is 0.0697. The average Bonchev–Trinajstić information content (AvgIpc) is 2.51. The fourth-order valence-electron chi connectivity index (χ4n) is 2.39. The van der Waals surface area contributed by atoms with Gasteiger partial charge in [0.15, 0.2) is 0 Å². The van der Waals surface area contributed by atoms with E-state index in [0.717, 1.165) is 32.1 Å². The molecule has 2 N–H and O–H groups in total. The molecule has 0 aliphatic carbocycles. The van der Waals surface area contributed by atoms with E-state index >= 15 is 0 Å². The van der Waals surface area contributed by atoms with Gasteiger partial charge in [0.2, 0.25) is 10.0 Å². The molecule has 0 aliphatic rings. The number of sulfonamides is 1. The first kappa shape index (κ1) is 20.9. The zero-order valence-corrected chi connectivity index (χ0v) is 15.8. The second-order valence-electron chi connectivity index (χ2n) is 5.64. The highest BCUT2D eigenvalue weighted by atomic mass is 35.5. The van der Waals surface area contributed by atoms with Gasteiger partial charge in [-0.15, -0.1) is 0 Å². The van der Waals surface area contributed by atoms with Gasteiger partial charge in [-0.1, -0.05) is 25.4 Å². The van der Waals surface area contributed by atoms with Gasteiger partial charge in [-0.25, -0.2) is 17.9 Å². The maximum Gasteiger partial charge on any atom is 0.337 e. The summed E-state index contributed by atoms with van der Waals surface area (Å²) in [5, 5.41) is 9.06. The standard InChI is InChI=1S/C16H25ClN2O4S/c1-4-19(5-2)10-6-7-12(3)18-24(22,23)13-8-9-15(17)14(11-13)16(20)21/h8-9,11-12,18H,4-7,10H2,1-3H3,(H,20,21)/t12-/m1/s1. The summed E-state index contributed by atoms with van der Waals surface area (Å²) in [7, 11) is -3.78. The molecule has 0 saturated carbocycles. The van der Waals surface area contributed by atoms with E-state index in [-0.39, 0.29) is 21.5 Å². The van der Waals surface area contributed by atoms with Crippen LogP contribution in [0.5, 0.6) is 0 Å². The van der Waals surface area contributed by atoms with E-state index in [4.69, 9.17) is 16.7 Å². The third-order valence-electron chi connectivity index (χ3n) is 3.84. The molecule has 24 heavy (non-hydrogen) atoms. The SMILES string of the molecule is CCN(CC)CCC[C@@H](C)NS(=O)(=O)c1ccc(Cl)c(C(=O)O)c1. The highest BCUT2D eigenvalue weighted by Gasteiger charge is 2.20. The smallest absolute Gasteiger partial charge is 0.337 e. The molecule has 1 aromatic carbocycles. The Labute approximate surface area is 148 Å². The number of hydrogen-bond acceptors (Lipinski definition) is 4. The molecule has 0 bridgehead atoms. The Balaban J connectivity index is 2.72. The van der Waals surface area contributed by atoms with Gasteiger partial charge in [-0.05, 0) is 57.6 Å². The predicted octanol–water partition coefficient (Wildman–Crippen LogP) is 2.83. The van der Waals surface area contributed by atoms with Crippen LogP contribution in [-0.2, 0) is 10.0 Å². The quantitative estimate of drug-likeness (QED) is 0.655. The van der Waals surface area contributed by atoms with Crippen molar-refractivity contribution in [3.8, 4) is 0 Å². The lowest BCUT2D eigenvalue weighted by Crippen LogP contribution is -2.33. The van der Waals surface area contributed by atoms with Gasteiger partial charge in [0.25, 0.3) is 0 Å². The highest BCUT2D eigenvalue weighted by molar-refractivity contribution is 7.89. The summed E-state index contributed by atoms with van der Waals surface area (Å²) in [5.41, 5.74) is -0.228. The van der Waals surface area contributed by atoms with Crippen LogP contribution in [0.25, 0.3) is 0 Å². The van der Waals surface area contributed by atoms with Crippen LogP contribution >= 0.6 is 11.6 Å². The Morgan fingerprint density at radius 2 is 1.96 bits per heavy atom. The number of carbonyl (C=O) groups is 1. The van der Waals surface area contributed by atoms with Crippen molar-refractivity contribution in [2.45, 2.75) is 44.6 Å².